The molecule has 1 aliphatic heterocycles. The number of hydrogen-bond acceptors (Lipinski definition) is 2. The van der Waals surface area contributed by atoms with Crippen LogP contribution in [0.3, 0.4) is 0 Å². The molecule has 0 saturated carbocycles. The lowest BCUT2D eigenvalue weighted by Gasteiger charge is -2.21. The van der Waals surface area contributed by atoms with Gasteiger partial charge < -0.3 is 10.2 Å². The first kappa shape index (κ1) is 13.3. The fraction of sp³-hybridized carbons (Fsp3) is 0.600. The summed E-state index contributed by atoms with van der Waals surface area (Å²) >= 11 is 0. The van der Waals surface area contributed by atoms with Crippen molar-refractivity contribution < 1.29 is 4.39 Å². The van der Waals surface area contributed by atoms with Crippen molar-refractivity contribution in [2.75, 3.05) is 24.5 Å². The molecular weight excluding hydrogens is 227 g/mol. The third-order valence-corrected chi connectivity index (χ3v) is 3.68. The summed E-state index contributed by atoms with van der Waals surface area (Å²) in [5, 5.41) is 3.48. The van der Waals surface area contributed by atoms with Gasteiger partial charge in [0, 0.05) is 30.4 Å². The first-order chi connectivity index (χ1) is 8.58. The molecule has 1 unspecified atom stereocenters. The molecule has 1 saturated heterocycles. The molecule has 3 heteroatoms. The van der Waals surface area contributed by atoms with Gasteiger partial charge in [0.1, 0.15) is 5.82 Å². The van der Waals surface area contributed by atoms with Gasteiger partial charge in [-0.05, 0) is 37.9 Å². The summed E-state index contributed by atoms with van der Waals surface area (Å²) in [6.45, 7) is 9.33. The highest BCUT2D eigenvalue weighted by molar-refractivity contribution is 5.54. The molecule has 1 heterocycles. The molecular formula is C15H23FN2. The number of benzene rings is 1. The number of nitrogens with zero attached hydrogens (tertiary/aromatic N) is 1. The van der Waals surface area contributed by atoms with Crippen molar-refractivity contribution in [2.24, 2.45) is 5.92 Å². The Bertz CT molecular complexity index is 403. The minimum absolute atomic E-state index is 0.101. The van der Waals surface area contributed by atoms with E-state index in [9.17, 15) is 4.39 Å². The summed E-state index contributed by atoms with van der Waals surface area (Å²) in [4.78, 5) is 2.31. The van der Waals surface area contributed by atoms with E-state index in [2.05, 4.69) is 24.1 Å². The Labute approximate surface area is 109 Å². The van der Waals surface area contributed by atoms with Gasteiger partial charge in [0.2, 0.25) is 0 Å². The standard InChI is InChI=1S/C15H23FN2/c1-11(2)17-9-13-7-8-18(10-13)15-6-4-5-14(16)12(15)3/h4-6,11,13,17H,7-10H2,1-3H3. The van der Waals surface area contributed by atoms with E-state index in [-0.39, 0.29) is 5.82 Å². The topological polar surface area (TPSA) is 15.3 Å². The van der Waals surface area contributed by atoms with E-state index < -0.39 is 0 Å². The zero-order chi connectivity index (χ0) is 13.1. The van der Waals surface area contributed by atoms with Crippen molar-refractivity contribution in [3.8, 4) is 0 Å². The second-order valence-electron chi connectivity index (χ2n) is 5.55. The molecule has 1 aromatic rings. The average Bonchev–Trinajstić information content (AvgIpc) is 2.78. The molecule has 1 atom stereocenters. The van der Waals surface area contributed by atoms with E-state index in [0.29, 0.717) is 12.0 Å². The van der Waals surface area contributed by atoms with Gasteiger partial charge >= 0.3 is 0 Å². The molecule has 1 aliphatic rings. The minimum Gasteiger partial charge on any atom is -0.371 e. The Morgan fingerprint density at radius 1 is 1.44 bits per heavy atom. The molecule has 0 radical (unpaired) electrons. The number of nitrogens with one attached hydrogen (secondary N) is 1. The molecule has 2 rings (SSSR count). The second-order valence-corrected chi connectivity index (χ2v) is 5.55. The fourth-order valence-electron chi connectivity index (χ4n) is 2.56. The second kappa shape index (κ2) is 5.70. The van der Waals surface area contributed by atoms with E-state index in [1.165, 1.54) is 12.5 Å². The molecule has 2 nitrogen and oxygen atoms in total. The van der Waals surface area contributed by atoms with Crippen LogP contribution in [0.25, 0.3) is 0 Å². The Morgan fingerprint density at radius 2 is 2.22 bits per heavy atom. The van der Waals surface area contributed by atoms with Crippen molar-refractivity contribution in [2.45, 2.75) is 33.2 Å². The lowest BCUT2D eigenvalue weighted by molar-refractivity contribution is 0.480. The Kier molecular flexibility index (Phi) is 4.23. The maximum Gasteiger partial charge on any atom is 0.128 e. The summed E-state index contributed by atoms with van der Waals surface area (Å²) in [7, 11) is 0. The van der Waals surface area contributed by atoms with E-state index in [1.54, 1.807) is 6.07 Å². The number of rotatable bonds is 4. The molecule has 0 bridgehead atoms. The number of anilines is 1. The van der Waals surface area contributed by atoms with Gasteiger partial charge in [-0.25, -0.2) is 4.39 Å². The lowest BCUT2D eigenvalue weighted by atomic mass is 10.1. The summed E-state index contributed by atoms with van der Waals surface area (Å²) in [6.07, 6.45) is 1.19. The Morgan fingerprint density at radius 3 is 2.94 bits per heavy atom. The maximum absolute atomic E-state index is 13.5. The first-order valence-electron chi connectivity index (χ1n) is 6.81. The van der Waals surface area contributed by atoms with Crippen LogP contribution in [0.5, 0.6) is 0 Å². The van der Waals surface area contributed by atoms with Crippen LogP contribution in [0.15, 0.2) is 18.2 Å². The number of hydrogen-bond donors (Lipinski definition) is 1. The normalized spacial score (nSPS) is 19.8. The fourth-order valence-corrected chi connectivity index (χ4v) is 2.56. The zero-order valence-electron chi connectivity index (χ0n) is 11.5. The smallest absolute Gasteiger partial charge is 0.128 e. The van der Waals surface area contributed by atoms with E-state index >= 15 is 0 Å². The zero-order valence-corrected chi connectivity index (χ0v) is 11.5. The number of halogens is 1. The molecule has 1 aromatic carbocycles. The Balaban J connectivity index is 1.98. The van der Waals surface area contributed by atoms with Crippen molar-refractivity contribution in [3.05, 3.63) is 29.6 Å². The molecule has 1 fully saturated rings. The van der Waals surface area contributed by atoms with Crippen LogP contribution in [0.1, 0.15) is 25.8 Å². The van der Waals surface area contributed by atoms with Gasteiger partial charge in [0.05, 0.1) is 0 Å². The summed E-state index contributed by atoms with van der Waals surface area (Å²) < 4.78 is 13.5. The van der Waals surface area contributed by atoms with Crippen LogP contribution in [0.4, 0.5) is 10.1 Å². The van der Waals surface area contributed by atoms with Gasteiger partial charge in [0.25, 0.3) is 0 Å². The Hall–Kier alpha value is -1.09. The molecule has 0 spiro atoms. The summed E-state index contributed by atoms with van der Waals surface area (Å²) in [6, 6.07) is 5.90. The van der Waals surface area contributed by atoms with Crippen molar-refractivity contribution in [1.82, 2.24) is 5.32 Å². The third-order valence-electron chi connectivity index (χ3n) is 3.68. The van der Waals surface area contributed by atoms with Crippen LogP contribution in [-0.4, -0.2) is 25.7 Å². The van der Waals surface area contributed by atoms with Gasteiger partial charge in [-0.1, -0.05) is 19.9 Å². The highest BCUT2D eigenvalue weighted by Crippen LogP contribution is 2.27. The van der Waals surface area contributed by atoms with Crippen LogP contribution >= 0.6 is 0 Å². The minimum atomic E-state index is -0.101. The van der Waals surface area contributed by atoms with Gasteiger partial charge in [-0.15, -0.1) is 0 Å². The molecule has 1 N–H and O–H groups in total. The predicted molar refractivity (Wildman–Crippen MR) is 74.6 cm³/mol. The highest BCUT2D eigenvalue weighted by atomic mass is 19.1. The largest absolute Gasteiger partial charge is 0.371 e. The molecule has 18 heavy (non-hydrogen) atoms. The lowest BCUT2D eigenvalue weighted by Crippen LogP contribution is -2.30. The first-order valence-corrected chi connectivity index (χ1v) is 6.81. The van der Waals surface area contributed by atoms with E-state index in [4.69, 9.17) is 0 Å². The molecule has 100 valence electrons. The van der Waals surface area contributed by atoms with Gasteiger partial charge in [0.15, 0.2) is 0 Å². The average molecular weight is 250 g/mol. The molecule has 0 amide bonds. The quantitative estimate of drug-likeness (QED) is 0.884. The van der Waals surface area contributed by atoms with Crippen LogP contribution in [0.2, 0.25) is 0 Å². The SMILES string of the molecule is Cc1c(F)cccc1N1CCC(CNC(C)C)C1. The maximum atomic E-state index is 13.5. The predicted octanol–water partition coefficient (Wildman–Crippen LogP) is 2.96. The monoisotopic (exact) mass is 250 g/mol. The van der Waals surface area contributed by atoms with Crippen LogP contribution < -0.4 is 10.2 Å². The summed E-state index contributed by atoms with van der Waals surface area (Å²) in [5.74, 6) is 0.575. The van der Waals surface area contributed by atoms with Crippen molar-refractivity contribution in [1.29, 1.82) is 0 Å². The third kappa shape index (κ3) is 3.02. The summed E-state index contributed by atoms with van der Waals surface area (Å²) in [5.41, 5.74) is 1.83. The van der Waals surface area contributed by atoms with Crippen LogP contribution in [0, 0.1) is 18.7 Å². The van der Waals surface area contributed by atoms with Crippen molar-refractivity contribution in [3.63, 3.8) is 0 Å². The highest BCUT2D eigenvalue weighted by Gasteiger charge is 2.24. The van der Waals surface area contributed by atoms with Crippen LogP contribution in [-0.2, 0) is 0 Å². The molecule has 0 aromatic heterocycles. The van der Waals surface area contributed by atoms with Gasteiger partial charge in [-0.3, -0.25) is 0 Å². The van der Waals surface area contributed by atoms with Gasteiger partial charge in [-0.2, -0.15) is 0 Å². The van der Waals surface area contributed by atoms with E-state index in [0.717, 1.165) is 30.9 Å². The van der Waals surface area contributed by atoms with Crippen molar-refractivity contribution >= 4 is 5.69 Å². The van der Waals surface area contributed by atoms with E-state index in [1.807, 2.05) is 13.0 Å². The molecule has 0 aliphatic carbocycles.